The number of carboxylic acid groups (broad SMARTS) is 1. The molecule has 17 heavy (non-hydrogen) atoms. The Hall–Kier alpha value is -1.58. The summed E-state index contributed by atoms with van der Waals surface area (Å²) in [6, 6.07) is 8.55. The fraction of sp³-hybridized carbons (Fsp3) is 0. The zero-order valence-corrected chi connectivity index (χ0v) is 10.4. The Labute approximate surface area is 108 Å². The first kappa shape index (κ1) is 11.9. The molecule has 4 heteroatoms. The van der Waals surface area contributed by atoms with Crippen LogP contribution in [0.25, 0.3) is 16.5 Å². The predicted molar refractivity (Wildman–Crippen MR) is 71.8 cm³/mol. The molecule has 0 atom stereocenters. The van der Waals surface area contributed by atoms with E-state index in [-0.39, 0.29) is 5.56 Å². The fourth-order valence-corrected chi connectivity index (χ4v) is 2.57. The molecule has 1 aromatic carbocycles. The number of thiophene rings is 1. The van der Waals surface area contributed by atoms with Gasteiger partial charge in [0.1, 0.15) is 0 Å². The van der Waals surface area contributed by atoms with Crippen LogP contribution in [0.1, 0.15) is 15.2 Å². The molecule has 0 aliphatic rings. The first-order valence-electron chi connectivity index (χ1n) is 4.87. The molecule has 1 N–H and O–H groups in total. The lowest BCUT2D eigenvalue weighted by Crippen LogP contribution is -1.98. The molecule has 1 aromatic heterocycles. The first-order valence-corrected chi connectivity index (χ1v) is 6.07. The third-order valence-corrected chi connectivity index (χ3v) is 3.65. The molecule has 2 rings (SSSR count). The van der Waals surface area contributed by atoms with E-state index in [1.54, 1.807) is 18.2 Å². The lowest BCUT2D eigenvalue weighted by atomic mass is 10.1. The minimum absolute atomic E-state index is 0.256. The molecular weight excluding hydrogens is 256 g/mol. The molecule has 0 saturated heterocycles. The summed E-state index contributed by atoms with van der Waals surface area (Å²) in [5.41, 5.74) is 0.898. The van der Waals surface area contributed by atoms with Crippen LogP contribution in [0.4, 0.5) is 0 Å². The minimum Gasteiger partial charge on any atom is -0.478 e. The summed E-state index contributed by atoms with van der Waals surface area (Å²) < 4.78 is 0. The van der Waals surface area contributed by atoms with E-state index in [0.29, 0.717) is 10.6 Å². The summed E-state index contributed by atoms with van der Waals surface area (Å²) in [6.07, 6.45) is 1.74. The summed E-state index contributed by atoms with van der Waals surface area (Å²) in [5.74, 6) is -0.954. The molecular formula is C13H9ClO2S. The lowest BCUT2D eigenvalue weighted by molar-refractivity contribution is 0.0698. The van der Waals surface area contributed by atoms with Crippen molar-refractivity contribution in [3.8, 4) is 10.4 Å². The van der Waals surface area contributed by atoms with Crippen molar-refractivity contribution < 1.29 is 9.90 Å². The number of rotatable bonds is 3. The molecule has 1 heterocycles. The highest BCUT2D eigenvalue weighted by molar-refractivity contribution is 7.16. The second-order valence-corrected chi connectivity index (χ2v) is 4.95. The van der Waals surface area contributed by atoms with Crippen molar-refractivity contribution in [3.05, 3.63) is 52.4 Å². The van der Waals surface area contributed by atoms with Gasteiger partial charge in [-0.15, -0.1) is 11.3 Å². The highest BCUT2D eigenvalue weighted by Gasteiger charge is 2.13. The quantitative estimate of drug-likeness (QED) is 0.892. The Balaban J connectivity index is 2.60. The average molecular weight is 265 g/mol. The molecule has 0 saturated carbocycles. The van der Waals surface area contributed by atoms with Crippen molar-refractivity contribution in [2.75, 3.05) is 0 Å². The van der Waals surface area contributed by atoms with E-state index in [1.165, 1.54) is 17.4 Å². The van der Waals surface area contributed by atoms with Gasteiger partial charge in [-0.05, 0) is 30.3 Å². The Morgan fingerprint density at radius 3 is 2.71 bits per heavy atom. The number of hydrogen-bond donors (Lipinski definition) is 1. The van der Waals surface area contributed by atoms with E-state index in [2.05, 4.69) is 6.58 Å². The summed E-state index contributed by atoms with van der Waals surface area (Å²) in [4.78, 5) is 13.0. The standard InChI is InChI=1S/C13H9ClO2S/c1-2-9-4-6-12(17-9)11-7-8(14)3-5-10(11)13(15)16/h2-7H,1H2,(H,15,16). The van der Waals surface area contributed by atoms with Crippen LogP contribution < -0.4 is 0 Å². The topological polar surface area (TPSA) is 37.3 Å². The molecule has 2 nitrogen and oxygen atoms in total. The van der Waals surface area contributed by atoms with Gasteiger partial charge in [-0.3, -0.25) is 0 Å². The van der Waals surface area contributed by atoms with Gasteiger partial charge in [-0.25, -0.2) is 4.79 Å². The molecule has 0 bridgehead atoms. The minimum atomic E-state index is -0.954. The van der Waals surface area contributed by atoms with E-state index in [0.717, 1.165) is 9.75 Å². The van der Waals surface area contributed by atoms with Gasteiger partial charge in [0.25, 0.3) is 0 Å². The van der Waals surface area contributed by atoms with Crippen molar-refractivity contribution in [2.45, 2.75) is 0 Å². The maximum atomic E-state index is 11.1. The predicted octanol–water partition coefficient (Wildman–Crippen LogP) is 4.41. The largest absolute Gasteiger partial charge is 0.478 e. The zero-order valence-electron chi connectivity index (χ0n) is 8.81. The van der Waals surface area contributed by atoms with Crippen molar-refractivity contribution in [1.29, 1.82) is 0 Å². The Morgan fingerprint density at radius 1 is 1.35 bits per heavy atom. The van der Waals surface area contributed by atoms with Gasteiger partial charge in [0.05, 0.1) is 5.56 Å². The van der Waals surface area contributed by atoms with Crippen LogP contribution in [0.3, 0.4) is 0 Å². The van der Waals surface area contributed by atoms with E-state index in [4.69, 9.17) is 16.7 Å². The third kappa shape index (κ3) is 2.40. The molecule has 0 radical (unpaired) electrons. The number of carboxylic acids is 1. The Kier molecular flexibility index (Phi) is 3.31. The molecule has 0 spiro atoms. The second-order valence-electron chi connectivity index (χ2n) is 3.40. The Bertz CT molecular complexity index is 587. The summed E-state index contributed by atoms with van der Waals surface area (Å²) in [7, 11) is 0. The van der Waals surface area contributed by atoms with Crippen molar-refractivity contribution in [2.24, 2.45) is 0 Å². The monoisotopic (exact) mass is 264 g/mol. The van der Waals surface area contributed by atoms with Crippen LogP contribution in [0, 0.1) is 0 Å². The van der Waals surface area contributed by atoms with Gasteiger partial charge in [0.15, 0.2) is 0 Å². The maximum absolute atomic E-state index is 11.1. The molecule has 0 unspecified atom stereocenters. The second kappa shape index (κ2) is 4.73. The fourth-order valence-electron chi connectivity index (χ4n) is 1.51. The molecule has 0 amide bonds. The number of hydrogen-bond acceptors (Lipinski definition) is 2. The maximum Gasteiger partial charge on any atom is 0.336 e. The molecule has 86 valence electrons. The van der Waals surface area contributed by atoms with Gasteiger partial charge in [0.2, 0.25) is 0 Å². The zero-order chi connectivity index (χ0) is 12.4. The molecule has 0 aliphatic heterocycles. The molecule has 0 aliphatic carbocycles. The highest BCUT2D eigenvalue weighted by atomic mass is 35.5. The van der Waals surface area contributed by atoms with E-state index < -0.39 is 5.97 Å². The van der Waals surface area contributed by atoms with Crippen LogP contribution in [0.2, 0.25) is 5.02 Å². The van der Waals surface area contributed by atoms with Gasteiger partial charge < -0.3 is 5.11 Å². The highest BCUT2D eigenvalue weighted by Crippen LogP contribution is 2.33. The van der Waals surface area contributed by atoms with Crippen molar-refractivity contribution in [3.63, 3.8) is 0 Å². The smallest absolute Gasteiger partial charge is 0.336 e. The van der Waals surface area contributed by atoms with Crippen LogP contribution in [0.5, 0.6) is 0 Å². The molecule has 0 fully saturated rings. The number of halogens is 1. The number of carbonyl (C=O) groups is 1. The van der Waals surface area contributed by atoms with Crippen LogP contribution >= 0.6 is 22.9 Å². The van der Waals surface area contributed by atoms with Crippen LogP contribution in [-0.4, -0.2) is 11.1 Å². The Morgan fingerprint density at radius 2 is 2.12 bits per heavy atom. The lowest BCUT2D eigenvalue weighted by Gasteiger charge is -2.04. The first-order chi connectivity index (χ1) is 8.11. The summed E-state index contributed by atoms with van der Waals surface area (Å²) >= 11 is 7.39. The third-order valence-electron chi connectivity index (χ3n) is 2.31. The normalized spacial score (nSPS) is 10.2. The van der Waals surface area contributed by atoms with Gasteiger partial charge in [-0.1, -0.05) is 24.3 Å². The van der Waals surface area contributed by atoms with Crippen molar-refractivity contribution in [1.82, 2.24) is 0 Å². The number of aromatic carboxylic acids is 1. The van der Waals surface area contributed by atoms with E-state index in [1.807, 2.05) is 12.1 Å². The van der Waals surface area contributed by atoms with Gasteiger partial charge >= 0.3 is 5.97 Å². The van der Waals surface area contributed by atoms with E-state index >= 15 is 0 Å². The van der Waals surface area contributed by atoms with Crippen LogP contribution in [-0.2, 0) is 0 Å². The van der Waals surface area contributed by atoms with Gasteiger partial charge in [-0.2, -0.15) is 0 Å². The number of benzene rings is 1. The van der Waals surface area contributed by atoms with Gasteiger partial charge in [0, 0.05) is 20.3 Å². The molecule has 2 aromatic rings. The van der Waals surface area contributed by atoms with Crippen molar-refractivity contribution >= 4 is 35.0 Å². The summed E-state index contributed by atoms with van der Waals surface area (Å²) in [5, 5.41) is 9.65. The average Bonchev–Trinajstić information content (AvgIpc) is 2.76. The summed E-state index contributed by atoms with van der Waals surface area (Å²) in [6.45, 7) is 3.68. The van der Waals surface area contributed by atoms with Crippen LogP contribution in [0.15, 0.2) is 36.9 Å². The SMILES string of the molecule is C=Cc1ccc(-c2cc(Cl)ccc2C(=O)O)s1. The van der Waals surface area contributed by atoms with E-state index in [9.17, 15) is 4.79 Å².